The van der Waals surface area contributed by atoms with E-state index in [2.05, 4.69) is 0 Å². The van der Waals surface area contributed by atoms with Crippen LogP contribution in [0.1, 0.15) is 23.8 Å². The number of aryl methyl sites for hydroxylation is 1. The Morgan fingerprint density at radius 3 is 2.52 bits per heavy atom. The van der Waals surface area contributed by atoms with Crippen LogP contribution in [0.2, 0.25) is 10.0 Å². The minimum Gasteiger partial charge on any atom is -0.384 e. The molecule has 3 rings (SSSR count). The Morgan fingerprint density at radius 1 is 1.24 bits per heavy atom. The third kappa shape index (κ3) is 2.12. The van der Waals surface area contributed by atoms with Crippen LogP contribution in [-0.2, 0) is 12.7 Å². The molecular weight excluding hydrogens is 333 g/mol. The first-order valence-electron chi connectivity index (χ1n) is 6.14. The van der Waals surface area contributed by atoms with Gasteiger partial charge in [-0.25, -0.2) is 4.39 Å². The van der Waals surface area contributed by atoms with E-state index in [0.717, 1.165) is 0 Å². The smallest absolute Gasteiger partial charge is 0.384 e. The average Bonchev–Trinajstić information content (AvgIpc) is 2.74. The summed E-state index contributed by atoms with van der Waals surface area (Å²) >= 11 is 11.9. The van der Waals surface area contributed by atoms with E-state index in [1.54, 1.807) is 0 Å². The highest BCUT2D eigenvalue weighted by atomic mass is 35.5. The van der Waals surface area contributed by atoms with Gasteiger partial charge in [0.15, 0.2) is 0 Å². The molecule has 1 N–H and O–H groups in total. The quantitative estimate of drug-likeness (QED) is 0.688. The lowest BCUT2D eigenvalue weighted by molar-refractivity contribution is -0.204. The molecule has 1 heterocycles. The van der Waals surface area contributed by atoms with Gasteiger partial charge >= 0.3 is 6.30 Å². The van der Waals surface area contributed by atoms with E-state index in [1.807, 2.05) is 0 Å². The summed E-state index contributed by atoms with van der Waals surface area (Å²) in [4.78, 5) is 0. The Bertz CT molecular complexity index is 725. The van der Waals surface area contributed by atoms with Gasteiger partial charge in [-0.15, -0.1) is 13.2 Å². The van der Waals surface area contributed by atoms with Gasteiger partial charge in [-0.1, -0.05) is 23.2 Å². The summed E-state index contributed by atoms with van der Waals surface area (Å²) in [7, 11) is 0. The van der Waals surface area contributed by atoms with Crippen molar-refractivity contribution in [2.24, 2.45) is 0 Å². The molecule has 1 aliphatic carbocycles. The third-order valence-corrected chi connectivity index (χ3v) is 4.52. The summed E-state index contributed by atoms with van der Waals surface area (Å²) in [6.45, 7) is 0. The molecule has 0 saturated carbocycles. The van der Waals surface area contributed by atoms with Crippen molar-refractivity contribution >= 4 is 34.1 Å². The number of halogens is 6. The van der Waals surface area contributed by atoms with E-state index < -0.39 is 24.3 Å². The Kier molecular flexibility index (Phi) is 3.39. The second-order valence-electron chi connectivity index (χ2n) is 4.92. The Hall–Kier alpha value is -0.980. The summed E-state index contributed by atoms with van der Waals surface area (Å²) in [5.41, 5.74) is -0.508. The van der Waals surface area contributed by atoms with Crippen molar-refractivity contribution in [3.63, 3.8) is 0 Å². The standard InChI is InChI=1S/C13H9Cl2F4NO/c14-6-2-4-8-9(10(6)15)5-1-3-7(16)12(21)11(5)20(8)13(17,18)19/h2,4,7,12,21H,1,3H2. The van der Waals surface area contributed by atoms with Crippen molar-refractivity contribution in [1.29, 1.82) is 0 Å². The number of benzene rings is 1. The van der Waals surface area contributed by atoms with Crippen molar-refractivity contribution in [1.82, 2.24) is 4.57 Å². The number of aliphatic hydroxyl groups excluding tert-OH is 1. The van der Waals surface area contributed by atoms with Crippen LogP contribution in [0.15, 0.2) is 12.1 Å². The maximum Gasteiger partial charge on any atom is 0.489 e. The molecule has 1 aromatic heterocycles. The lowest BCUT2D eigenvalue weighted by atomic mass is 9.92. The topological polar surface area (TPSA) is 25.2 Å². The van der Waals surface area contributed by atoms with E-state index >= 15 is 0 Å². The minimum atomic E-state index is -4.79. The fraction of sp³-hybridized carbons (Fsp3) is 0.385. The first kappa shape index (κ1) is 14.9. The highest BCUT2D eigenvalue weighted by molar-refractivity contribution is 6.45. The van der Waals surface area contributed by atoms with Crippen LogP contribution in [0.3, 0.4) is 0 Å². The molecule has 0 aliphatic heterocycles. The zero-order valence-corrected chi connectivity index (χ0v) is 11.9. The number of rotatable bonds is 0. The van der Waals surface area contributed by atoms with Gasteiger partial charge in [-0.3, -0.25) is 4.57 Å². The maximum atomic E-state index is 13.6. The monoisotopic (exact) mass is 341 g/mol. The van der Waals surface area contributed by atoms with Crippen LogP contribution in [-0.4, -0.2) is 15.8 Å². The molecule has 0 saturated heterocycles. The van der Waals surface area contributed by atoms with Crippen molar-refractivity contribution in [3.8, 4) is 0 Å². The largest absolute Gasteiger partial charge is 0.489 e. The summed E-state index contributed by atoms with van der Waals surface area (Å²) in [6, 6.07) is 2.43. The summed E-state index contributed by atoms with van der Waals surface area (Å²) in [5.74, 6) is 0. The van der Waals surface area contributed by atoms with Crippen LogP contribution in [0, 0.1) is 0 Å². The average molecular weight is 342 g/mol. The molecule has 1 aliphatic rings. The molecule has 1 aromatic carbocycles. The van der Waals surface area contributed by atoms with Crippen LogP contribution < -0.4 is 0 Å². The second kappa shape index (κ2) is 4.76. The number of alkyl halides is 4. The number of aromatic nitrogens is 1. The predicted octanol–water partition coefficient (Wildman–Crippen LogP) is 4.74. The van der Waals surface area contributed by atoms with Crippen LogP contribution in [0.5, 0.6) is 0 Å². The van der Waals surface area contributed by atoms with E-state index in [-0.39, 0.29) is 43.9 Å². The normalized spacial score (nSPS) is 22.6. The molecule has 0 bridgehead atoms. The van der Waals surface area contributed by atoms with Gasteiger partial charge in [0.2, 0.25) is 0 Å². The molecule has 2 unspecified atom stereocenters. The van der Waals surface area contributed by atoms with Crippen LogP contribution in [0.4, 0.5) is 17.6 Å². The molecule has 8 heteroatoms. The molecular formula is C13H9Cl2F4NO. The van der Waals surface area contributed by atoms with E-state index in [0.29, 0.717) is 0 Å². The first-order valence-corrected chi connectivity index (χ1v) is 6.89. The first-order chi connectivity index (χ1) is 9.73. The van der Waals surface area contributed by atoms with Crippen molar-refractivity contribution in [2.45, 2.75) is 31.4 Å². The van der Waals surface area contributed by atoms with Crippen molar-refractivity contribution < 1.29 is 22.7 Å². The van der Waals surface area contributed by atoms with Gasteiger partial charge in [0.1, 0.15) is 12.3 Å². The molecule has 21 heavy (non-hydrogen) atoms. The fourth-order valence-electron chi connectivity index (χ4n) is 2.86. The highest BCUT2D eigenvalue weighted by Gasteiger charge is 2.42. The molecule has 0 spiro atoms. The molecule has 114 valence electrons. The van der Waals surface area contributed by atoms with Gasteiger partial charge < -0.3 is 5.11 Å². The zero-order chi connectivity index (χ0) is 15.5. The Labute approximate surface area is 126 Å². The minimum absolute atomic E-state index is 0.00369. The number of aliphatic hydroxyl groups is 1. The number of hydrogen-bond donors (Lipinski definition) is 1. The van der Waals surface area contributed by atoms with E-state index in [4.69, 9.17) is 23.2 Å². The molecule has 2 aromatic rings. The van der Waals surface area contributed by atoms with E-state index in [9.17, 15) is 22.7 Å². The number of nitrogens with zero attached hydrogens (tertiary/aromatic N) is 1. The summed E-state index contributed by atoms with van der Waals surface area (Å²) in [5, 5.41) is 10.1. The molecule has 0 fully saturated rings. The van der Waals surface area contributed by atoms with Gasteiger partial charge in [-0.2, -0.15) is 0 Å². The van der Waals surface area contributed by atoms with Gasteiger partial charge in [0.25, 0.3) is 0 Å². The fourth-order valence-corrected chi connectivity index (χ4v) is 3.29. The SMILES string of the molecule is OC1c2c(c3c(Cl)c(Cl)ccc3n2C(F)(F)F)CCC1F. The van der Waals surface area contributed by atoms with Gasteiger partial charge in [0.05, 0.1) is 21.3 Å². The van der Waals surface area contributed by atoms with Crippen molar-refractivity contribution in [3.05, 3.63) is 33.4 Å². The van der Waals surface area contributed by atoms with Crippen LogP contribution >= 0.6 is 23.2 Å². The highest BCUT2D eigenvalue weighted by Crippen LogP contribution is 2.46. The van der Waals surface area contributed by atoms with E-state index in [1.165, 1.54) is 12.1 Å². The van der Waals surface area contributed by atoms with Gasteiger partial charge in [0, 0.05) is 5.39 Å². The Balaban J connectivity index is 2.47. The number of fused-ring (bicyclic) bond motifs is 3. The lowest BCUT2D eigenvalue weighted by Crippen LogP contribution is -2.28. The zero-order valence-electron chi connectivity index (χ0n) is 10.4. The summed E-state index contributed by atoms with van der Waals surface area (Å²) < 4.78 is 53.6. The molecule has 0 radical (unpaired) electrons. The second-order valence-corrected chi connectivity index (χ2v) is 5.71. The lowest BCUT2D eigenvalue weighted by Gasteiger charge is -2.25. The van der Waals surface area contributed by atoms with Crippen molar-refractivity contribution in [2.75, 3.05) is 0 Å². The molecule has 2 atom stereocenters. The van der Waals surface area contributed by atoms with Gasteiger partial charge in [-0.05, 0) is 30.5 Å². The number of hydrogen-bond acceptors (Lipinski definition) is 1. The maximum absolute atomic E-state index is 13.6. The molecule has 0 amide bonds. The van der Waals surface area contributed by atoms with Crippen LogP contribution in [0.25, 0.3) is 10.9 Å². The third-order valence-electron chi connectivity index (χ3n) is 3.71. The Morgan fingerprint density at radius 2 is 1.90 bits per heavy atom. The summed E-state index contributed by atoms with van der Waals surface area (Å²) in [6.07, 6.45) is -8.36. The molecule has 2 nitrogen and oxygen atoms in total. The predicted molar refractivity (Wildman–Crippen MR) is 71.4 cm³/mol.